The number of rotatable bonds is 0. The zero-order chi connectivity index (χ0) is 11.3. The molecule has 0 amide bonds. The Balaban J connectivity index is 1.85. The molecule has 4 aliphatic rings. The molecule has 0 bridgehead atoms. The summed E-state index contributed by atoms with van der Waals surface area (Å²) >= 11 is 0. The minimum atomic E-state index is -4.29. The van der Waals surface area contributed by atoms with Gasteiger partial charge < -0.3 is 5.11 Å². The first-order valence-corrected chi connectivity index (χ1v) is 5.93. The maximum absolute atomic E-state index is 13.1. The number of fused-ring (bicyclic) bond motifs is 4. The second-order valence-electron chi connectivity index (χ2n) is 5.81. The van der Waals surface area contributed by atoms with Gasteiger partial charge in [-0.15, -0.1) is 0 Å². The van der Waals surface area contributed by atoms with Crippen molar-refractivity contribution in [2.45, 2.75) is 31.0 Å². The van der Waals surface area contributed by atoms with E-state index in [0.717, 1.165) is 19.3 Å². The van der Waals surface area contributed by atoms with Gasteiger partial charge in [0.15, 0.2) is 0 Å². The Morgan fingerprint density at radius 2 is 1.88 bits per heavy atom. The van der Waals surface area contributed by atoms with Gasteiger partial charge in [-0.3, -0.25) is 0 Å². The molecule has 4 aliphatic carbocycles. The lowest BCUT2D eigenvalue weighted by molar-refractivity contribution is -0.197. The lowest BCUT2D eigenvalue weighted by Crippen LogP contribution is -2.36. The molecule has 16 heavy (non-hydrogen) atoms. The van der Waals surface area contributed by atoms with Crippen LogP contribution >= 0.6 is 0 Å². The minimum Gasteiger partial charge on any atom is -0.388 e. The Hall–Kier alpha value is -0.510. The SMILES string of the molecule is OC12C3C=CC1(C(F)(F)F)C2C1CCC[C@@H]13. The zero-order valence-corrected chi connectivity index (χ0v) is 8.67. The van der Waals surface area contributed by atoms with Gasteiger partial charge in [0.05, 0.1) is 5.60 Å². The van der Waals surface area contributed by atoms with Crippen LogP contribution in [0.3, 0.4) is 0 Å². The van der Waals surface area contributed by atoms with Crippen LogP contribution < -0.4 is 0 Å². The largest absolute Gasteiger partial charge is 0.401 e. The van der Waals surface area contributed by atoms with Crippen LogP contribution in [0.25, 0.3) is 0 Å². The fourth-order valence-corrected chi connectivity index (χ4v) is 5.16. The van der Waals surface area contributed by atoms with Gasteiger partial charge in [0.2, 0.25) is 0 Å². The van der Waals surface area contributed by atoms with Gasteiger partial charge in [-0.2, -0.15) is 13.2 Å². The number of alkyl halides is 3. The second kappa shape index (κ2) is 2.22. The molecule has 4 heteroatoms. The van der Waals surface area contributed by atoms with Crippen molar-refractivity contribution < 1.29 is 18.3 Å². The average molecular weight is 230 g/mol. The van der Waals surface area contributed by atoms with E-state index in [-0.39, 0.29) is 11.8 Å². The van der Waals surface area contributed by atoms with Crippen molar-refractivity contribution >= 4 is 0 Å². The normalized spacial score (nSPS) is 61.2. The van der Waals surface area contributed by atoms with Crippen molar-refractivity contribution in [1.29, 1.82) is 0 Å². The maximum Gasteiger partial charge on any atom is 0.401 e. The van der Waals surface area contributed by atoms with E-state index in [1.165, 1.54) is 6.08 Å². The fraction of sp³-hybridized carbons (Fsp3) is 0.833. The van der Waals surface area contributed by atoms with Gasteiger partial charge in [-0.05, 0) is 24.7 Å². The van der Waals surface area contributed by atoms with E-state index in [1.54, 1.807) is 6.08 Å². The fourth-order valence-electron chi connectivity index (χ4n) is 5.16. The molecule has 0 spiro atoms. The Morgan fingerprint density at radius 1 is 1.19 bits per heavy atom. The van der Waals surface area contributed by atoms with Crippen molar-refractivity contribution in [3.05, 3.63) is 12.2 Å². The standard InChI is InChI=1S/C12H13F3O/c13-12(14,15)10-5-4-8-6-2-1-3-7(6)9(10)11(8,10)16/h4-9,16H,1-3H2/t6-,7?,8?,9?,10?,11?/m0/s1. The molecule has 0 aromatic heterocycles. The van der Waals surface area contributed by atoms with Crippen LogP contribution in [0.5, 0.6) is 0 Å². The summed E-state index contributed by atoms with van der Waals surface area (Å²) < 4.78 is 39.4. The second-order valence-corrected chi connectivity index (χ2v) is 5.81. The van der Waals surface area contributed by atoms with E-state index < -0.39 is 23.1 Å². The highest BCUT2D eigenvalue weighted by atomic mass is 19.4. The van der Waals surface area contributed by atoms with Crippen molar-refractivity contribution in [1.82, 2.24) is 0 Å². The molecule has 5 unspecified atom stereocenters. The molecule has 0 aliphatic heterocycles. The van der Waals surface area contributed by atoms with Gasteiger partial charge in [0, 0.05) is 11.8 Å². The topological polar surface area (TPSA) is 20.2 Å². The van der Waals surface area contributed by atoms with Crippen LogP contribution in [-0.4, -0.2) is 16.9 Å². The Morgan fingerprint density at radius 3 is 2.56 bits per heavy atom. The van der Waals surface area contributed by atoms with Crippen LogP contribution in [-0.2, 0) is 0 Å². The summed E-state index contributed by atoms with van der Waals surface area (Å²) in [5.74, 6) is -0.357. The molecule has 88 valence electrons. The lowest BCUT2D eigenvalue weighted by Gasteiger charge is -2.26. The molecule has 0 aromatic rings. The van der Waals surface area contributed by atoms with Gasteiger partial charge in [-0.25, -0.2) is 0 Å². The molecule has 3 saturated carbocycles. The highest BCUT2D eigenvalue weighted by molar-refractivity contribution is 5.47. The average Bonchev–Trinajstić information content (AvgIpc) is 2.55. The highest BCUT2D eigenvalue weighted by Gasteiger charge is 2.94. The van der Waals surface area contributed by atoms with Crippen molar-refractivity contribution in [3.63, 3.8) is 0 Å². The Labute approximate surface area is 91.3 Å². The third kappa shape index (κ3) is 0.637. The minimum absolute atomic E-state index is 0.103. The summed E-state index contributed by atoms with van der Waals surface area (Å²) in [5, 5.41) is 10.4. The molecular formula is C12H13F3O. The first-order chi connectivity index (χ1) is 7.44. The first-order valence-electron chi connectivity index (χ1n) is 5.93. The first kappa shape index (κ1) is 9.51. The molecule has 0 heterocycles. The number of halogens is 3. The van der Waals surface area contributed by atoms with E-state index >= 15 is 0 Å². The van der Waals surface area contributed by atoms with Crippen molar-refractivity contribution in [2.24, 2.45) is 29.1 Å². The van der Waals surface area contributed by atoms with Gasteiger partial charge in [-0.1, -0.05) is 18.6 Å². The summed E-state index contributed by atoms with van der Waals surface area (Å²) in [6.45, 7) is 0. The molecule has 4 rings (SSSR count). The Kier molecular flexibility index (Phi) is 1.32. The maximum atomic E-state index is 13.1. The van der Waals surface area contributed by atoms with Crippen LogP contribution in [0.15, 0.2) is 12.2 Å². The molecule has 0 aromatic carbocycles. The third-order valence-electron chi connectivity index (χ3n) is 5.60. The van der Waals surface area contributed by atoms with Crippen LogP contribution in [0, 0.1) is 29.1 Å². The third-order valence-corrected chi connectivity index (χ3v) is 5.60. The molecule has 0 radical (unpaired) electrons. The van der Waals surface area contributed by atoms with Crippen molar-refractivity contribution in [3.8, 4) is 0 Å². The summed E-state index contributed by atoms with van der Waals surface area (Å²) in [6, 6.07) is 0. The molecule has 6 atom stereocenters. The molecule has 1 nitrogen and oxygen atoms in total. The number of hydrogen-bond donors (Lipinski definition) is 1. The lowest BCUT2D eigenvalue weighted by atomic mass is 9.82. The monoisotopic (exact) mass is 230 g/mol. The van der Waals surface area contributed by atoms with Crippen LogP contribution in [0.4, 0.5) is 13.2 Å². The predicted octanol–water partition coefficient (Wildman–Crippen LogP) is 2.51. The molecule has 3 fully saturated rings. The van der Waals surface area contributed by atoms with Crippen LogP contribution in [0.1, 0.15) is 19.3 Å². The molecule has 1 N–H and O–H groups in total. The summed E-state index contributed by atoms with van der Waals surface area (Å²) in [4.78, 5) is 0. The number of hydrogen-bond acceptors (Lipinski definition) is 1. The smallest absolute Gasteiger partial charge is 0.388 e. The number of aliphatic hydroxyl groups is 1. The van der Waals surface area contributed by atoms with Crippen molar-refractivity contribution in [2.75, 3.05) is 0 Å². The summed E-state index contributed by atoms with van der Waals surface area (Å²) in [7, 11) is 0. The quantitative estimate of drug-likeness (QED) is 0.634. The van der Waals surface area contributed by atoms with Gasteiger partial charge in [0.25, 0.3) is 0 Å². The van der Waals surface area contributed by atoms with E-state index in [0.29, 0.717) is 5.92 Å². The highest BCUT2D eigenvalue weighted by Crippen LogP contribution is 2.85. The van der Waals surface area contributed by atoms with E-state index in [4.69, 9.17) is 0 Å². The van der Waals surface area contributed by atoms with E-state index in [1.807, 2.05) is 0 Å². The summed E-state index contributed by atoms with van der Waals surface area (Å²) in [6.07, 6.45) is 1.51. The molecule has 0 saturated heterocycles. The predicted molar refractivity (Wildman–Crippen MR) is 50.4 cm³/mol. The summed E-state index contributed by atoms with van der Waals surface area (Å²) in [5.41, 5.74) is -3.35. The van der Waals surface area contributed by atoms with E-state index in [9.17, 15) is 18.3 Å². The van der Waals surface area contributed by atoms with Gasteiger partial charge >= 0.3 is 6.18 Å². The Bertz CT molecular complexity index is 402. The van der Waals surface area contributed by atoms with Crippen LogP contribution in [0.2, 0.25) is 0 Å². The zero-order valence-electron chi connectivity index (χ0n) is 8.67. The van der Waals surface area contributed by atoms with E-state index in [2.05, 4.69) is 0 Å². The molecular weight excluding hydrogens is 217 g/mol. The van der Waals surface area contributed by atoms with Gasteiger partial charge in [0.1, 0.15) is 5.41 Å².